The molecule has 31 heavy (non-hydrogen) atoms. The predicted octanol–water partition coefficient (Wildman–Crippen LogP) is 0.911. The van der Waals surface area contributed by atoms with Gasteiger partial charge < -0.3 is 25.0 Å². The molecule has 1 aromatic heterocycles. The molecule has 0 amide bonds. The third-order valence-electron chi connectivity index (χ3n) is 4.85. The van der Waals surface area contributed by atoms with Crippen molar-refractivity contribution in [2.24, 2.45) is 11.7 Å². The van der Waals surface area contributed by atoms with E-state index in [4.69, 9.17) is 15.0 Å². The molecule has 0 aliphatic carbocycles. The first-order valence-corrected chi connectivity index (χ1v) is 12.2. The highest BCUT2D eigenvalue weighted by atomic mass is 32.2. The predicted molar refractivity (Wildman–Crippen MR) is 112 cm³/mol. The van der Waals surface area contributed by atoms with Crippen LogP contribution in [0.2, 0.25) is 0 Å². The summed E-state index contributed by atoms with van der Waals surface area (Å²) in [6.07, 6.45) is 3.72. The fraction of sp³-hybridized carbons (Fsp3) is 0.737. The maximum Gasteiger partial charge on any atom is 0.384 e. The summed E-state index contributed by atoms with van der Waals surface area (Å²) < 4.78 is 40.7. The van der Waals surface area contributed by atoms with E-state index < -0.39 is 34.5 Å². The number of sulfonamides is 1. The molecule has 1 aliphatic heterocycles. The van der Waals surface area contributed by atoms with Gasteiger partial charge in [-0.25, -0.2) is 13.2 Å². The van der Waals surface area contributed by atoms with Crippen molar-refractivity contribution in [3.63, 3.8) is 0 Å². The molecule has 1 aliphatic rings. The number of rotatable bonds is 13. The van der Waals surface area contributed by atoms with Crippen LogP contribution in [0.1, 0.15) is 62.4 Å². The normalized spacial score (nSPS) is 16.1. The van der Waals surface area contributed by atoms with Crippen LogP contribution in [0.4, 0.5) is 0 Å². The van der Waals surface area contributed by atoms with Gasteiger partial charge in [-0.3, -0.25) is 4.79 Å². The Morgan fingerprint density at radius 3 is 2.81 bits per heavy atom. The van der Waals surface area contributed by atoms with Crippen LogP contribution in [-0.4, -0.2) is 57.1 Å². The van der Waals surface area contributed by atoms with Crippen molar-refractivity contribution in [2.45, 2.75) is 58.0 Å². The fourth-order valence-corrected chi connectivity index (χ4v) is 4.51. The van der Waals surface area contributed by atoms with Gasteiger partial charge in [-0.2, -0.15) is 4.72 Å². The Hall–Kier alpha value is -2.02. The van der Waals surface area contributed by atoms with E-state index in [0.29, 0.717) is 25.4 Å². The number of nitrogens with zero attached hydrogens (tertiary/aromatic N) is 1. The van der Waals surface area contributed by atoms with Crippen molar-refractivity contribution in [3.05, 3.63) is 11.8 Å². The molecular formula is C19H32N4O7S. The van der Waals surface area contributed by atoms with E-state index in [1.54, 1.807) is 0 Å². The maximum atomic E-state index is 12.0. The van der Waals surface area contributed by atoms with E-state index >= 15 is 0 Å². The standard InChI is InChI=1S/C19H32N4O7S/c1-2-3-11-31(26,27)23-16(20)13-18(24)29-19(25)15-12-17(22-30-15)28-10-4-5-14-6-8-21-9-7-14/h12,14,16,21,23H,2-11,13,20H2,1H3/t16-/m0/s1. The van der Waals surface area contributed by atoms with E-state index in [1.165, 1.54) is 6.07 Å². The number of carbonyl (C=O) groups is 2. The van der Waals surface area contributed by atoms with E-state index in [1.807, 2.05) is 6.92 Å². The molecule has 176 valence electrons. The van der Waals surface area contributed by atoms with Crippen LogP contribution >= 0.6 is 0 Å². The Morgan fingerprint density at radius 2 is 2.10 bits per heavy atom. The molecule has 0 unspecified atom stereocenters. The third kappa shape index (κ3) is 9.76. The Morgan fingerprint density at radius 1 is 1.35 bits per heavy atom. The molecule has 2 rings (SSSR count). The molecule has 0 spiro atoms. The van der Waals surface area contributed by atoms with Crippen LogP contribution in [0.5, 0.6) is 5.88 Å². The largest absolute Gasteiger partial charge is 0.475 e. The van der Waals surface area contributed by atoms with Crippen molar-refractivity contribution in [1.82, 2.24) is 15.2 Å². The second-order valence-corrected chi connectivity index (χ2v) is 9.45. The van der Waals surface area contributed by atoms with Gasteiger partial charge in [-0.1, -0.05) is 13.3 Å². The van der Waals surface area contributed by atoms with Gasteiger partial charge >= 0.3 is 11.9 Å². The van der Waals surface area contributed by atoms with Gasteiger partial charge in [0.1, 0.15) is 0 Å². The van der Waals surface area contributed by atoms with Crippen LogP contribution in [0, 0.1) is 5.92 Å². The van der Waals surface area contributed by atoms with Gasteiger partial charge in [0.2, 0.25) is 15.8 Å². The Kier molecular flexibility index (Phi) is 10.4. The number of nitrogens with two attached hydrogens (primary N) is 1. The number of unbranched alkanes of at least 4 members (excludes halogenated alkanes) is 1. The van der Waals surface area contributed by atoms with E-state index in [9.17, 15) is 18.0 Å². The summed E-state index contributed by atoms with van der Waals surface area (Å²) in [6.45, 7) is 4.40. The lowest BCUT2D eigenvalue weighted by molar-refractivity contribution is -0.138. The molecule has 1 saturated heterocycles. The van der Waals surface area contributed by atoms with E-state index in [-0.39, 0.29) is 17.4 Å². The molecule has 1 aromatic rings. The number of piperidine rings is 1. The summed E-state index contributed by atoms with van der Waals surface area (Å²) in [5.41, 5.74) is 5.61. The van der Waals surface area contributed by atoms with Crippen LogP contribution in [0.3, 0.4) is 0 Å². The second-order valence-electron chi connectivity index (χ2n) is 7.58. The summed E-state index contributed by atoms with van der Waals surface area (Å²) >= 11 is 0. The Bertz CT molecular complexity index is 806. The molecule has 11 nitrogen and oxygen atoms in total. The zero-order valence-electron chi connectivity index (χ0n) is 17.8. The molecule has 2 heterocycles. The molecule has 0 bridgehead atoms. The van der Waals surface area contributed by atoms with Crippen LogP contribution in [0.25, 0.3) is 0 Å². The Labute approximate surface area is 182 Å². The van der Waals surface area contributed by atoms with Gasteiger partial charge in [0, 0.05) is 0 Å². The average molecular weight is 461 g/mol. The second kappa shape index (κ2) is 12.7. The first-order valence-electron chi connectivity index (χ1n) is 10.6. The zero-order valence-corrected chi connectivity index (χ0v) is 18.6. The van der Waals surface area contributed by atoms with Crippen molar-refractivity contribution in [3.8, 4) is 5.88 Å². The summed E-state index contributed by atoms with van der Waals surface area (Å²) in [7, 11) is -3.60. The first kappa shape index (κ1) is 25.2. The van der Waals surface area contributed by atoms with E-state index in [2.05, 4.69) is 19.9 Å². The quantitative estimate of drug-likeness (QED) is 0.167. The number of hydrogen-bond donors (Lipinski definition) is 3. The highest BCUT2D eigenvalue weighted by molar-refractivity contribution is 7.89. The highest BCUT2D eigenvalue weighted by Crippen LogP contribution is 2.18. The van der Waals surface area contributed by atoms with Crippen molar-refractivity contribution < 1.29 is 32.0 Å². The molecular weight excluding hydrogens is 428 g/mol. The lowest BCUT2D eigenvalue weighted by Gasteiger charge is -2.22. The van der Waals surface area contributed by atoms with Gasteiger partial charge in [-0.05, 0) is 56.3 Å². The molecule has 0 saturated carbocycles. The smallest absolute Gasteiger partial charge is 0.384 e. The Balaban J connectivity index is 1.69. The fourth-order valence-electron chi connectivity index (χ4n) is 3.18. The molecule has 0 aromatic carbocycles. The van der Waals surface area contributed by atoms with Crippen LogP contribution in [-0.2, 0) is 19.6 Å². The van der Waals surface area contributed by atoms with Gasteiger partial charge in [0.05, 0.1) is 31.0 Å². The zero-order chi connectivity index (χ0) is 22.7. The number of esters is 2. The van der Waals surface area contributed by atoms with Crippen molar-refractivity contribution in [1.29, 1.82) is 0 Å². The lowest BCUT2D eigenvalue weighted by atomic mass is 9.93. The summed E-state index contributed by atoms with van der Waals surface area (Å²) in [6, 6.07) is 1.24. The number of ether oxygens (including phenoxy) is 2. The third-order valence-corrected chi connectivity index (χ3v) is 6.33. The van der Waals surface area contributed by atoms with Crippen molar-refractivity contribution >= 4 is 22.0 Å². The minimum Gasteiger partial charge on any atom is -0.475 e. The number of carbonyl (C=O) groups excluding carboxylic acids is 2. The average Bonchev–Trinajstić information content (AvgIpc) is 3.19. The lowest BCUT2D eigenvalue weighted by Crippen LogP contribution is -2.44. The summed E-state index contributed by atoms with van der Waals surface area (Å²) in [4.78, 5) is 23.8. The summed E-state index contributed by atoms with van der Waals surface area (Å²) in [5.74, 6) is -1.60. The maximum absolute atomic E-state index is 12.0. The highest BCUT2D eigenvalue weighted by Gasteiger charge is 2.23. The minimum atomic E-state index is -3.60. The van der Waals surface area contributed by atoms with E-state index in [0.717, 1.165) is 38.8 Å². The van der Waals surface area contributed by atoms with Crippen molar-refractivity contribution in [2.75, 3.05) is 25.4 Å². The summed E-state index contributed by atoms with van der Waals surface area (Å²) in [5, 5.41) is 6.96. The topological polar surface area (TPSA) is 163 Å². The SMILES string of the molecule is CCCCS(=O)(=O)N[C@H](N)CC(=O)OC(=O)c1cc(OCCCC2CCNCC2)no1. The molecule has 0 radical (unpaired) electrons. The molecule has 4 N–H and O–H groups in total. The van der Waals surface area contributed by atoms with Gasteiger partial charge in [-0.15, -0.1) is 0 Å². The van der Waals surface area contributed by atoms with Gasteiger partial charge in [0.15, 0.2) is 0 Å². The monoisotopic (exact) mass is 460 g/mol. The molecule has 12 heteroatoms. The van der Waals surface area contributed by atoms with Crippen LogP contribution in [0.15, 0.2) is 10.6 Å². The molecule has 1 fully saturated rings. The molecule has 1 atom stereocenters. The number of nitrogens with one attached hydrogen (secondary N) is 2. The number of hydrogen-bond acceptors (Lipinski definition) is 10. The first-order chi connectivity index (χ1) is 14.8. The number of aromatic nitrogens is 1. The van der Waals surface area contributed by atoms with Gasteiger partial charge in [0.25, 0.3) is 5.88 Å². The van der Waals surface area contributed by atoms with Crippen LogP contribution < -0.4 is 20.5 Å². The minimum absolute atomic E-state index is 0.0934.